The van der Waals surface area contributed by atoms with Crippen LogP contribution in [-0.4, -0.2) is 40.2 Å². The van der Waals surface area contributed by atoms with Crippen LogP contribution in [0.15, 0.2) is 77.6 Å². The molecule has 3 aromatic rings. The van der Waals surface area contributed by atoms with Gasteiger partial charge in [-0.25, -0.2) is 0 Å². The highest BCUT2D eigenvalue weighted by molar-refractivity contribution is 5.82. The minimum absolute atomic E-state index is 0.0396. The second kappa shape index (κ2) is 9.44. The maximum absolute atomic E-state index is 13.6. The third kappa shape index (κ3) is 3.91. The number of nitrogens with zero attached hydrogens (tertiary/aromatic N) is 2. The zero-order valence-electron chi connectivity index (χ0n) is 19.1. The summed E-state index contributed by atoms with van der Waals surface area (Å²) in [5.41, 5.74) is 2.82. The number of fused-ring (bicyclic) bond motifs is 3. The number of ether oxygens (including phenoxy) is 1. The summed E-state index contributed by atoms with van der Waals surface area (Å²) < 4.78 is 7.36. The van der Waals surface area contributed by atoms with Crippen LogP contribution in [0.25, 0.3) is 0 Å². The summed E-state index contributed by atoms with van der Waals surface area (Å²) in [6.45, 7) is 1.25. The number of methoxy groups -OCH3 is 1. The van der Waals surface area contributed by atoms with Gasteiger partial charge >= 0.3 is 0 Å². The van der Waals surface area contributed by atoms with E-state index in [0.29, 0.717) is 19.6 Å². The van der Waals surface area contributed by atoms with E-state index in [4.69, 9.17) is 4.74 Å². The van der Waals surface area contributed by atoms with Gasteiger partial charge in [0.05, 0.1) is 19.2 Å². The lowest BCUT2D eigenvalue weighted by atomic mass is 9.88. The highest BCUT2D eigenvalue weighted by atomic mass is 16.5. The highest BCUT2D eigenvalue weighted by Crippen LogP contribution is 2.50. The molecule has 1 fully saturated rings. The molecule has 176 valence electrons. The molecule has 2 N–H and O–H groups in total. The summed E-state index contributed by atoms with van der Waals surface area (Å²) in [7, 11) is 1.64. The summed E-state index contributed by atoms with van der Waals surface area (Å²) in [6, 6.07) is 22.2. The standard InChI is InChI=1S/C27H29N3O4/c1-34-23-12-6-5-10-19(23)15-30-25-20(16-29-22(25)11-7-13-24(29)32)21(17-31)26(30)27(33)28-14-18-8-3-2-4-9-18/h2-13,20-21,25-26,31H,14-17H2,1H3,(H,28,33)/t20-,21-,25+,26-/m1/s1. The van der Waals surface area contributed by atoms with Gasteiger partial charge in [-0.15, -0.1) is 0 Å². The maximum atomic E-state index is 13.6. The molecule has 7 heteroatoms. The summed E-state index contributed by atoms with van der Waals surface area (Å²) in [5.74, 6) is 0.299. The number of amides is 1. The predicted molar refractivity (Wildman–Crippen MR) is 128 cm³/mol. The SMILES string of the molecule is COc1ccccc1CN1[C@@H]2c3cccc(=O)n3C[C@@H]2[C@@H](CO)[C@@H]1C(=O)NCc1ccccc1. The lowest BCUT2D eigenvalue weighted by molar-refractivity contribution is -0.128. The minimum atomic E-state index is -0.530. The van der Waals surface area contributed by atoms with E-state index in [1.807, 2.05) is 60.7 Å². The summed E-state index contributed by atoms with van der Waals surface area (Å²) in [4.78, 5) is 28.3. The van der Waals surface area contributed by atoms with Crippen LogP contribution in [0.3, 0.4) is 0 Å². The molecule has 0 saturated carbocycles. The van der Waals surface area contributed by atoms with Crippen molar-refractivity contribution in [2.75, 3.05) is 13.7 Å². The summed E-state index contributed by atoms with van der Waals surface area (Å²) in [6.07, 6.45) is 0. The fourth-order valence-electron chi connectivity index (χ4n) is 5.66. The summed E-state index contributed by atoms with van der Waals surface area (Å²) in [5, 5.41) is 13.5. The largest absolute Gasteiger partial charge is 0.496 e. The van der Waals surface area contributed by atoms with E-state index in [1.165, 1.54) is 0 Å². The van der Waals surface area contributed by atoms with Crippen molar-refractivity contribution < 1.29 is 14.6 Å². The molecule has 0 unspecified atom stereocenters. The first-order valence-corrected chi connectivity index (χ1v) is 11.6. The van der Waals surface area contributed by atoms with Crippen LogP contribution in [0.2, 0.25) is 0 Å². The molecule has 0 bridgehead atoms. The number of aliphatic hydroxyl groups excluding tert-OH is 1. The number of aliphatic hydroxyl groups is 1. The third-order valence-corrected chi connectivity index (χ3v) is 7.19. The van der Waals surface area contributed by atoms with Gasteiger partial charge in [0, 0.05) is 55.4 Å². The van der Waals surface area contributed by atoms with Crippen molar-refractivity contribution in [2.24, 2.45) is 11.8 Å². The number of hydrogen-bond donors (Lipinski definition) is 2. The van der Waals surface area contributed by atoms with Crippen LogP contribution in [0, 0.1) is 11.8 Å². The number of para-hydroxylation sites is 1. The monoisotopic (exact) mass is 459 g/mol. The Morgan fingerprint density at radius 3 is 2.59 bits per heavy atom. The van der Waals surface area contributed by atoms with Crippen LogP contribution in [-0.2, 0) is 24.4 Å². The van der Waals surface area contributed by atoms with E-state index in [-0.39, 0.29) is 36.0 Å². The Hall–Kier alpha value is -3.42. The smallest absolute Gasteiger partial charge is 0.250 e. The lowest BCUT2D eigenvalue weighted by Gasteiger charge is -2.31. The number of carbonyl (C=O) groups excluding carboxylic acids is 1. The van der Waals surface area contributed by atoms with Crippen molar-refractivity contribution in [3.63, 3.8) is 0 Å². The number of hydrogen-bond acceptors (Lipinski definition) is 5. The number of benzene rings is 2. The zero-order valence-corrected chi connectivity index (χ0v) is 19.1. The van der Waals surface area contributed by atoms with E-state index >= 15 is 0 Å². The van der Waals surface area contributed by atoms with E-state index in [1.54, 1.807) is 23.8 Å². The molecule has 1 saturated heterocycles. The van der Waals surface area contributed by atoms with Gasteiger partial charge in [0.15, 0.2) is 0 Å². The van der Waals surface area contributed by atoms with Gasteiger partial charge in [0.25, 0.3) is 5.56 Å². The Morgan fingerprint density at radius 2 is 1.82 bits per heavy atom. The van der Waals surface area contributed by atoms with Crippen molar-refractivity contribution in [1.29, 1.82) is 0 Å². The van der Waals surface area contributed by atoms with Crippen molar-refractivity contribution in [2.45, 2.75) is 31.7 Å². The molecule has 2 aromatic carbocycles. The zero-order chi connectivity index (χ0) is 23.7. The fourth-order valence-corrected chi connectivity index (χ4v) is 5.66. The second-order valence-corrected chi connectivity index (χ2v) is 8.99. The fraction of sp³-hybridized carbons (Fsp3) is 0.333. The van der Waals surface area contributed by atoms with Crippen molar-refractivity contribution >= 4 is 5.91 Å². The number of pyridine rings is 1. The van der Waals surface area contributed by atoms with Gasteiger partial charge in [0.2, 0.25) is 5.91 Å². The van der Waals surface area contributed by atoms with E-state index in [0.717, 1.165) is 22.6 Å². The molecule has 34 heavy (non-hydrogen) atoms. The second-order valence-electron chi connectivity index (χ2n) is 8.99. The molecule has 7 nitrogen and oxygen atoms in total. The predicted octanol–water partition coefficient (Wildman–Crippen LogP) is 2.34. The molecule has 0 radical (unpaired) electrons. The molecular weight excluding hydrogens is 430 g/mol. The van der Waals surface area contributed by atoms with E-state index < -0.39 is 6.04 Å². The molecule has 2 aliphatic rings. The molecule has 3 heterocycles. The van der Waals surface area contributed by atoms with E-state index in [9.17, 15) is 14.7 Å². The average molecular weight is 460 g/mol. The first-order valence-electron chi connectivity index (χ1n) is 11.6. The molecule has 1 amide bonds. The Morgan fingerprint density at radius 1 is 1.06 bits per heavy atom. The number of nitrogens with one attached hydrogen (secondary N) is 1. The van der Waals surface area contributed by atoms with Crippen LogP contribution in [0.4, 0.5) is 0 Å². The Bertz CT molecular complexity index is 1230. The van der Waals surface area contributed by atoms with Gasteiger partial charge in [0.1, 0.15) is 5.75 Å². The Labute approximate surface area is 198 Å². The van der Waals surface area contributed by atoms with Gasteiger partial charge in [-0.1, -0.05) is 54.6 Å². The first-order chi connectivity index (χ1) is 16.6. The summed E-state index contributed by atoms with van der Waals surface area (Å²) >= 11 is 0. The first kappa shape index (κ1) is 22.4. The maximum Gasteiger partial charge on any atom is 0.250 e. The van der Waals surface area contributed by atoms with E-state index in [2.05, 4.69) is 10.2 Å². The quantitative estimate of drug-likeness (QED) is 0.567. The molecule has 1 aromatic heterocycles. The molecule has 2 aliphatic heterocycles. The Balaban J connectivity index is 1.51. The van der Waals surface area contributed by atoms with Crippen molar-refractivity contribution in [3.05, 3.63) is 100.0 Å². The van der Waals surface area contributed by atoms with Crippen LogP contribution in [0.5, 0.6) is 5.75 Å². The molecule has 0 spiro atoms. The molecule has 5 rings (SSSR count). The van der Waals surface area contributed by atoms with Crippen LogP contribution < -0.4 is 15.6 Å². The minimum Gasteiger partial charge on any atom is -0.496 e. The van der Waals surface area contributed by atoms with Gasteiger partial charge in [-0.2, -0.15) is 0 Å². The molecule has 0 aliphatic carbocycles. The van der Waals surface area contributed by atoms with Gasteiger partial charge in [-0.05, 0) is 17.7 Å². The van der Waals surface area contributed by atoms with Gasteiger partial charge < -0.3 is 19.7 Å². The molecular formula is C27H29N3O4. The average Bonchev–Trinajstić information content (AvgIpc) is 3.39. The number of likely N-dealkylation sites (tertiary alicyclic amines) is 1. The van der Waals surface area contributed by atoms with Crippen LogP contribution in [0.1, 0.15) is 22.9 Å². The lowest BCUT2D eigenvalue weighted by Crippen LogP contribution is -2.47. The highest BCUT2D eigenvalue weighted by Gasteiger charge is 2.55. The number of rotatable bonds is 7. The number of carbonyl (C=O) groups is 1. The number of aromatic nitrogens is 1. The van der Waals surface area contributed by atoms with Crippen molar-refractivity contribution in [3.8, 4) is 5.75 Å². The Kier molecular flexibility index (Phi) is 6.22. The normalized spacial score (nSPS) is 23.4. The van der Waals surface area contributed by atoms with Crippen molar-refractivity contribution in [1.82, 2.24) is 14.8 Å². The van der Waals surface area contributed by atoms with Gasteiger partial charge in [-0.3, -0.25) is 14.5 Å². The molecule has 4 atom stereocenters. The third-order valence-electron chi connectivity index (χ3n) is 7.19. The van der Waals surface area contributed by atoms with Crippen LogP contribution >= 0.6 is 0 Å². The topological polar surface area (TPSA) is 83.8 Å².